The van der Waals surface area contributed by atoms with Gasteiger partial charge in [0, 0.05) is 19.8 Å². The molecule has 1 saturated carbocycles. The molecule has 2 fully saturated rings. The standard InChI is InChI=1S/C14H27NO2/c1-2-9-15-12-14(7-3-4-8-14)17-13-5-10-16-11-6-13/h13,15H,2-12H2,1H3. The summed E-state index contributed by atoms with van der Waals surface area (Å²) in [5.74, 6) is 0. The van der Waals surface area contributed by atoms with Gasteiger partial charge in [0.05, 0.1) is 11.7 Å². The average molecular weight is 241 g/mol. The molecule has 1 N–H and O–H groups in total. The van der Waals surface area contributed by atoms with Gasteiger partial charge in [-0.25, -0.2) is 0 Å². The summed E-state index contributed by atoms with van der Waals surface area (Å²) < 4.78 is 11.8. The molecule has 100 valence electrons. The third-order valence-corrected chi connectivity index (χ3v) is 3.97. The molecule has 0 spiro atoms. The Morgan fingerprint density at radius 2 is 1.94 bits per heavy atom. The minimum absolute atomic E-state index is 0.136. The van der Waals surface area contributed by atoms with Crippen molar-refractivity contribution in [3.8, 4) is 0 Å². The van der Waals surface area contributed by atoms with Crippen molar-refractivity contribution in [3.63, 3.8) is 0 Å². The van der Waals surface area contributed by atoms with Crippen molar-refractivity contribution in [3.05, 3.63) is 0 Å². The molecule has 1 saturated heterocycles. The second-order valence-corrected chi connectivity index (χ2v) is 5.50. The molecule has 1 heterocycles. The number of hydrogen-bond acceptors (Lipinski definition) is 3. The summed E-state index contributed by atoms with van der Waals surface area (Å²) in [4.78, 5) is 0. The fourth-order valence-corrected chi connectivity index (χ4v) is 3.00. The molecule has 0 amide bonds. The van der Waals surface area contributed by atoms with Crippen LogP contribution in [0.3, 0.4) is 0 Å². The van der Waals surface area contributed by atoms with Crippen LogP contribution in [0.15, 0.2) is 0 Å². The Balaban J connectivity index is 1.82. The van der Waals surface area contributed by atoms with E-state index in [9.17, 15) is 0 Å². The van der Waals surface area contributed by atoms with Crippen LogP contribution in [0.1, 0.15) is 51.9 Å². The Kier molecular flexibility index (Phi) is 5.26. The first-order chi connectivity index (χ1) is 8.35. The van der Waals surface area contributed by atoms with E-state index >= 15 is 0 Å². The molecular formula is C14H27NO2. The van der Waals surface area contributed by atoms with E-state index in [1.165, 1.54) is 32.1 Å². The van der Waals surface area contributed by atoms with Gasteiger partial charge in [0.2, 0.25) is 0 Å². The number of rotatable bonds is 6. The smallest absolute Gasteiger partial charge is 0.0810 e. The van der Waals surface area contributed by atoms with E-state index in [4.69, 9.17) is 9.47 Å². The lowest BCUT2D eigenvalue weighted by Gasteiger charge is -2.36. The topological polar surface area (TPSA) is 30.5 Å². The van der Waals surface area contributed by atoms with Gasteiger partial charge in [0.25, 0.3) is 0 Å². The Labute approximate surface area is 105 Å². The maximum absolute atomic E-state index is 6.44. The molecule has 3 heteroatoms. The normalized spacial score (nSPS) is 25.2. The largest absolute Gasteiger partial charge is 0.381 e. The highest BCUT2D eigenvalue weighted by atomic mass is 16.5. The number of ether oxygens (including phenoxy) is 2. The molecular weight excluding hydrogens is 214 g/mol. The van der Waals surface area contributed by atoms with Crippen molar-refractivity contribution >= 4 is 0 Å². The first kappa shape index (κ1) is 13.3. The van der Waals surface area contributed by atoms with Crippen molar-refractivity contribution in [1.82, 2.24) is 5.32 Å². The van der Waals surface area contributed by atoms with Crippen molar-refractivity contribution in [1.29, 1.82) is 0 Å². The highest BCUT2D eigenvalue weighted by Gasteiger charge is 2.37. The van der Waals surface area contributed by atoms with Gasteiger partial charge in [-0.3, -0.25) is 0 Å². The van der Waals surface area contributed by atoms with Gasteiger partial charge in [-0.05, 0) is 38.6 Å². The van der Waals surface area contributed by atoms with E-state index in [1.54, 1.807) is 0 Å². The molecule has 0 aromatic carbocycles. The summed E-state index contributed by atoms with van der Waals surface area (Å²) in [5.41, 5.74) is 0.136. The Bertz CT molecular complexity index is 208. The molecule has 2 rings (SSSR count). The van der Waals surface area contributed by atoms with Crippen LogP contribution in [0.4, 0.5) is 0 Å². The van der Waals surface area contributed by atoms with E-state index < -0.39 is 0 Å². The Hall–Kier alpha value is -0.120. The molecule has 1 aliphatic heterocycles. The molecule has 2 aliphatic rings. The molecule has 0 radical (unpaired) electrons. The summed E-state index contributed by atoms with van der Waals surface area (Å²) >= 11 is 0. The van der Waals surface area contributed by atoms with Crippen LogP contribution in [0.5, 0.6) is 0 Å². The molecule has 0 bridgehead atoms. The molecule has 0 unspecified atom stereocenters. The van der Waals surface area contributed by atoms with Gasteiger partial charge in [0.15, 0.2) is 0 Å². The zero-order valence-electron chi connectivity index (χ0n) is 11.2. The van der Waals surface area contributed by atoms with Gasteiger partial charge in [-0.1, -0.05) is 19.8 Å². The maximum atomic E-state index is 6.44. The van der Waals surface area contributed by atoms with Gasteiger partial charge < -0.3 is 14.8 Å². The zero-order valence-corrected chi connectivity index (χ0v) is 11.2. The van der Waals surface area contributed by atoms with Gasteiger partial charge in [-0.15, -0.1) is 0 Å². The molecule has 0 aromatic heterocycles. The summed E-state index contributed by atoms with van der Waals surface area (Å²) in [6.07, 6.45) is 8.93. The van der Waals surface area contributed by atoms with E-state index in [0.29, 0.717) is 6.10 Å². The second kappa shape index (κ2) is 6.72. The summed E-state index contributed by atoms with van der Waals surface area (Å²) in [6.45, 7) is 6.12. The highest BCUT2D eigenvalue weighted by Crippen LogP contribution is 2.35. The van der Waals surface area contributed by atoms with E-state index in [0.717, 1.165) is 39.1 Å². The van der Waals surface area contributed by atoms with Crippen molar-refractivity contribution in [2.45, 2.75) is 63.6 Å². The molecule has 0 aromatic rings. The lowest BCUT2D eigenvalue weighted by atomic mass is 10.0. The molecule has 3 nitrogen and oxygen atoms in total. The average Bonchev–Trinajstić information content (AvgIpc) is 2.80. The number of hydrogen-bond donors (Lipinski definition) is 1. The first-order valence-electron chi connectivity index (χ1n) is 7.31. The molecule has 17 heavy (non-hydrogen) atoms. The highest BCUT2D eigenvalue weighted by molar-refractivity contribution is 4.90. The fraction of sp³-hybridized carbons (Fsp3) is 1.00. The Morgan fingerprint density at radius 1 is 1.24 bits per heavy atom. The van der Waals surface area contributed by atoms with Crippen LogP contribution < -0.4 is 5.32 Å². The molecule has 1 aliphatic carbocycles. The van der Waals surface area contributed by atoms with Crippen molar-refractivity contribution < 1.29 is 9.47 Å². The van der Waals surface area contributed by atoms with Crippen LogP contribution in [-0.2, 0) is 9.47 Å². The quantitative estimate of drug-likeness (QED) is 0.725. The van der Waals surface area contributed by atoms with Gasteiger partial charge in [-0.2, -0.15) is 0 Å². The monoisotopic (exact) mass is 241 g/mol. The van der Waals surface area contributed by atoms with Crippen LogP contribution >= 0.6 is 0 Å². The predicted octanol–water partition coefficient (Wildman–Crippen LogP) is 2.49. The molecule has 0 atom stereocenters. The minimum Gasteiger partial charge on any atom is -0.381 e. The lowest BCUT2D eigenvalue weighted by molar-refractivity contribution is -0.121. The zero-order chi connectivity index (χ0) is 12.0. The third-order valence-electron chi connectivity index (χ3n) is 3.97. The van der Waals surface area contributed by atoms with Crippen LogP contribution in [0, 0.1) is 0 Å². The van der Waals surface area contributed by atoms with Crippen LogP contribution in [-0.4, -0.2) is 38.0 Å². The summed E-state index contributed by atoms with van der Waals surface area (Å²) in [6, 6.07) is 0. The summed E-state index contributed by atoms with van der Waals surface area (Å²) in [7, 11) is 0. The van der Waals surface area contributed by atoms with E-state index in [-0.39, 0.29) is 5.60 Å². The summed E-state index contributed by atoms with van der Waals surface area (Å²) in [5, 5.41) is 3.55. The maximum Gasteiger partial charge on any atom is 0.0810 e. The fourth-order valence-electron chi connectivity index (χ4n) is 3.00. The van der Waals surface area contributed by atoms with Gasteiger partial charge in [0.1, 0.15) is 0 Å². The lowest BCUT2D eigenvalue weighted by Crippen LogP contribution is -2.44. The van der Waals surface area contributed by atoms with E-state index in [2.05, 4.69) is 12.2 Å². The second-order valence-electron chi connectivity index (χ2n) is 5.50. The SMILES string of the molecule is CCCNCC1(OC2CCOCC2)CCCC1. The minimum atomic E-state index is 0.136. The van der Waals surface area contributed by atoms with E-state index in [1.807, 2.05) is 0 Å². The van der Waals surface area contributed by atoms with Crippen molar-refractivity contribution in [2.75, 3.05) is 26.3 Å². The first-order valence-corrected chi connectivity index (χ1v) is 7.31. The van der Waals surface area contributed by atoms with Crippen LogP contribution in [0.25, 0.3) is 0 Å². The Morgan fingerprint density at radius 3 is 2.59 bits per heavy atom. The van der Waals surface area contributed by atoms with Crippen molar-refractivity contribution in [2.24, 2.45) is 0 Å². The van der Waals surface area contributed by atoms with Gasteiger partial charge >= 0.3 is 0 Å². The third kappa shape index (κ3) is 3.94. The van der Waals surface area contributed by atoms with Crippen LogP contribution in [0.2, 0.25) is 0 Å². The predicted molar refractivity (Wildman–Crippen MR) is 69.3 cm³/mol. The number of nitrogens with one attached hydrogen (secondary N) is 1.